The van der Waals surface area contributed by atoms with Crippen LogP contribution in [0.1, 0.15) is 60.3 Å². The van der Waals surface area contributed by atoms with Crippen LogP contribution in [0.15, 0.2) is 36.0 Å². The summed E-state index contributed by atoms with van der Waals surface area (Å²) in [5.74, 6) is -2.13. The highest BCUT2D eigenvalue weighted by Gasteiger charge is 2.72. The fraction of sp³-hybridized carbons (Fsp3) is 0.643. The van der Waals surface area contributed by atoms with Gasteiger partial charge in [0.15, 0.2) is 18.0 Å². The average Bonchev–Trinajstić information content (AvgIpc) is 3.04. The van der Waals surface area contributed by atoms with Crippen molar-refractivity contribution in [3.63, 3.8) is 0 Å². The van der Waals surface area contributed by atoms with E-state index < -0.39 is 46.9 Å². The van der Waals surface area contributed by atoms with E-state index in [2.05, 4.69) is 6.08 Å². The summed E-state index contributed by atoms with van der Waals surface area (Å²) in [6, 6.07) is 0. The highest BCUT2D eigenvalue weighted by atomic mass is 16.6. The third-order valence-electron chi connectivity index (χ3n) is 9.23. The molecule has 190 valence electrons. The van der Waals surface area contributed by atoms with Crippen LogP contribution in [0.5, 0.6) is 0 Å². The largest absolute Gasteiger partial charge is 0.457 e. The molecule has 0 saturated heterocycles. The van der Waals surface area contributed by atoms with Gasteiger partial charge in [-0.1, -0.05) is 52.8 Å². The van der Waals surface area contributed by atoms with E-state index >= 15 is 0 Å². The van der Waals surface area contributed by atoms with E-state index in [0.717, 1.165) is 5.57 Å². The molecule has 1 N–H and O–H groups in total. The van der Waals surface area contributed by atoms with E-state index in [9.17, 15) is 24.3 Å². The van der Waals surface area contributed by atoms with E-state index in [-0.39, 0.29) is 48.7 Å². The summed E-state index contributed by atoms with van der Waals surface area (Å²) >= 11 is 0. The molecule has 4 rings (SSSR count). The Morgan fingerprint density at radius 1 is 1.11 bits per heavy atom. The van der Waals surface area contributed by atoms with Crippen molar-refractivity contribution < 1.29 is 33.8 Å². The molecule has 0 aromatic carbocycles. The molecule has 2 saturated carbocycles. The van der Waals surface area contributed by atoms with Crippen molar-refractivity contribution in [1.29, 1.82) is 0 Å². The van der Waals surface area contributed by atoms with Crippen molar-refractivity contribution in [2.45, 2.75) is 72.0 Å². The molecule has 0 radical (unpaired) electrons. The first-order chi connectivity index (χ1) is 16.4. The lowest BCUT2D eigenvalue weighted by Crippen LogP contribution is -2.63. The quantitative estimate of drug-likeness (QED) is 0.575. The number of carbonyl (C=O) groups is 4. The predicted molar refractivity (Wildman–Crippen MR) is 128 cm³/mol. The highest BCUT2D eigenvalue weighted by Crippen LogP contribution is 2.68. The second-order valence-corrected chi connectivity index (χ2v) is 11.0. The summed E-state index contributed by atoms with van der Waals surface area (Å²) in [6.07, 6.45) is 9.45. The second kappa shape index (κ2) is 8.84. The van der Waals surface area contributed by atoms with Crippen molar-refractivity contribution in [3.05, 3.63) is 36.0 Å². The Labute approximate surface area is 206 Å². The number of rotatable bonds is 6. The number of hydrogen-bond acceptors (Lipinski definition) is 7. The van der Waals surface area contributed by atoms with Crippen LogP contribution in [0.4, 0.5) is 0 Å². The summed E-state index contributed by atoms with van der Waals surface area (Å²) < 4.78 is 11.3. The number of carbonyl (C=O) groups excluding carboxylic acids is 4. The van der Waals surface area contributed by atoms with Gasteiger partial charge in [-0.3, -0.25) is 19.2 Å². The van der Waals surface area contributed by atoms with Crippen molar-refractivity contribution >= 4 is 23.5 Å². The number of fused-ring (bicyclic) bond motifs is 5. The van der Waals surface area contributed by atoms with E-state index in [0.29, 0.717) is 6.42 Å². The van der Waals surface area contributed by atoms with Gasteiger partial charge in [-0.15, -0.1) is 0 Å². The van der Waals surface area contributed by atoms with Crippen LogP contribution in [0.3, 0.4) is 0 Å². The molecular weight excluding hydrogens is 448 g/mol. The number of esters is 2. The van der Waals surface area contributed by atoms with E-state index in [4.69, 9.17) is 9.47 Å². The van der Waals surface area contributed by atoms with Gasteiger partial charge in [0.1, 0.15) is 0 Å². The van der Waals surface area contributed by atoms with Crippen LogP contribution in [0.2, 0.25) is 0 Å². The van der Waals surface area contributed by atoms with Crippen molar-refractivity contribution in [3.8, 4) is 0 Å². The number of aliphatic hydroxyl groups excluding tert-OH is 1. The molecule has 0 unspecified atom stereocenters. The zero-order chi connectivity index (χ0) is 25.8. The van der Waals surface area contributed by atoms with E-state index in [1.165, 1.54) is 0 Å². The molecule has 7 nitrogen and oxygen atoms in total. The minimum absolute atomic E-state index is 0.0537. The molecule has 0 bridgehead atoms. The highest BCUT2D eigenvalue weighted by molar-refractivity contribution is 6.01. The lowest BCUT2D eigenvalue weighted by atomic mass is 9.47. The summed E-state index contributed by atoms with van der Waals surface area (Å²) in [7, 11) is 0. The van der Waals surface area contributed by atoms with Gasteiger partial charge < -0.3 is 14.6 Å². The van der Waals surface area contributed by atoms with Crippen LogP contribution in [0, 0.1) is 34.5 Å². The Kier molecular flexibility index (Phi) is 6.45. The fourth-order valence-corrected chi connectivity index (χ4v) is 7.58. The number of ether oxygens (including phenoxy) is 2. The second-order valence-electron chi connectivity index (χ2n) is 11.0. The van der Waals surface area contributed by atoms with Crippen molar-refractivity contribution in [2.75, 3.05) is 6.61 Å². The van der Waals surface area contributed by atoms with E-state index in [1.54, 1.807) is 26.0 Å². The molecule has 0 aromatic heterocycles. The third kappa shape index (κ3) is 3.65. The van der Waals surface area contributed by atoms with Crippen LogP contribution in [0.25, 0.3) is 0 Å². The number of ketones is 2. The van der Waals surface area contributed by atoms with Gasteiger partial charge in [-0.25, -0.2) is 0 Å². The van der Waals surface area contributed by atoms with Gasteiger partial charge in [0.2, 0.25) is 5.78 Å². The summed E-state index contributed by atoms with van der Waals surface area (Å²) in [6.45, 7) is 8.76. The zero-order valence-electron chi connectivity index (χ0n) is 21.2. The Morgan fingerprint density at radius 2 is 1.80 bits per heavy atom. The number of hydrogen-bond donors (Lipinski definition) is 1. The van der Waals surface area contributed by atoms with Gasteiger partial charge in [0, 0.05) is 35.5 Å². The van der Waals surface area contributed by atoms with Gasteiger partial charge in [-0.2, -0.15) is 0 Å². The molecule has 0 amide bonds. The molecule has 4 aliphatic rings. The van der Waals surface area contributed by atoms with Crippen molar-refractivity contribution in [2.24, 2.45) is 34.5 Å². The van der Waals surface area contributed by atoms with Gasteiger partial charge in [0.25, 0.3) is 0 Å². The topological polar surface area (TPSA) is 107 Å². The Bertz CT molecular complexity index is 1040. The maximum absolute atomic E-state index is 13.8. The standard InChI is InChI=1S/C28H36O7/c1-6-23(32)34-15-22(31)28(35-24(33)7-2)16(3)12-20-19-9-8-17-13-18(29)10-11-26(17,4)25(19)21(30)14-27(20,28)5/h8-11,13,16,19-21,25,30H,6-7,12,14-15H2,1-5H3/t16-,19+,20+,21+,25-,26+,27+,28-/m1/s1. The first-order valence-corrected chi connectivity index (χ1v) is 12.7. The monoisotopic (exact) mass is 484 g/mol. The van der Waals surface area contributed by atoms with Crippen LogP contribution in [-0.4, -0.2) is 46.9 Å². The number of aliphatic hydroxyl groups is 1. The summed E-state index contributed by atoms with van der Waals surface area (Å²) in [5, 5.41) is 11.6. The van der Waals surface area contributed by atoms with Gasteiger partial charge >= 0.3 is 11.9 Å². The van der Waals surface area contributed by atoms with Crippen LogP contribution in [-0.2, 0) is 28.7 Å². The van der Waals surface area contributed by atoms with Crippen molar-refractivity contribution in [1.82, 2.24) is 0 Å². The molecule has 8 atom stereocenters. The van der Waals surface area contributed by atoms with Crippen LogP contribution < -0.4 is 0 Å². The SMILES string of the molecule is CCC(=O)OCC(=O)[C@]1(OC(=O)CC)[C@H](C)C[C@H]2[C@@H]3C=CC4=CC(=O)C=C[C@]4(C)[C@H]3[C@@H](O)C[C@@]21C. The molecule has 0 aliphatic heterocycles. The molecule has 7 heteroatoms. The first-order valence-electron chi connectivity index (χ1n) is 12.7. The average molecular weight is 485 g/mol. The maximum atomic E-state index is 13.8. The molecular formula is C28H36O7. The molecule has 0 heterocycles. The smallest absolute Gasteiger partial charge is 0.306 e. The van der Waals surface area contributed by atoms with E-state index in [1.807, 2.05) is 32.9 Å². The normalized spacial score (nSPS) is 41.4. The van der Waals surface area contributed by atoms with Crippen LogP contribution >= 0.6 is 0 Å². The minimum Gasteiger partial charge on any atom is -0.457 e. The Hall–Kier alpha value is -2.54. The molecule has 4 aliphatic carbocycles. The molecule has 35 heavy (non-hydrogen) atoms. The minimum atomic E-state index is -1.51. The number of allylic oxidation sites excluding steroid dienone is 6. The first kappa shape index (κ1) is 25.5. The summed E-state index contributed by atoms with van der Waals surface area (Å²) in [4.78, 5) is 50.3. The fourth-order valence-electron chi connectivity index (χ4n) is 7.58. The Balaban J connectivity index is 1.79. The molecule has 2 fully saturated rings. The third-order valence-corrected chi connectivity index (χ3v) is 9.23. The summed E-state index contributed by atoms with van der Waals surface area (Å²) in [5.41, 5.74) is -1.99. The molecule has 0 spiro atoms. The lowest BCUT2D eigenvalue weighted by molar-refractivity contribution is -0.202. The number of Topliss-reactive ketones (excluding diaryl/α,β-unsaturated/α-hetero) is 1. The predicted octanol–water partition coefficient (Wildman–Crippen LogP) is 3.50. The Morgan fingerprint density at radius 3 is 2.46 bits per heavy atom. The van der Waals surface area contributed by atoms with Gasteiger partial charge in [-0.05, 0) is 42.4 Å². The lowest BCUT2D eigenvalue weighted by Gasteiger charge is -2.58. The molecule has 0 aromatic rings. The zero-order valence-corrected chi connectivity index (χ0v) is 21.2. The van der Waals surface area contributed by atoms with Gasteiger partial charge in [0.05, 0.1) is 6.10 Å². The maximum Gasteiger partial charge on any atom is 0.306 e.